The van der Waals surface area contributed by atoms with Crippen molar-refractivity contribution in [2.24, 2.45) is 0 Å². The summed E-state index contributed by atoms with van der Waals surface area (Å²) in [5, 5.41) is 2.88. The summed E-state index contributed by atoms with van der Waals surface area (Å²) in [5.41, 5.74) is 9.06. The maximum Gasteiger partial charge on any atom is 0.251 e. The number of nitrogens with two attached hydrogens (primary N) is 1. The predicted molar refractivity (Wildman–Crippen MR) is 80.5 cm³/mol. The number of rotatable bonds is 3. The molecule has 100 valence electrons. The third-order valence-electron chi connectivity index (χ3n) is 2.83. The topological polar surface area (TPSA) is 55.1 Å². The van der Waals surface area contributed by atoms with Crippen LogP contribution in [0.4, 0.5) is 5.69 Å². The number of carbonyl (C=O) groups excluding carboxylic acids is 1. The van der Waals surface area contributed by atoms with Crippen LogP contribution in [-0.2, 0) is 6.54 Å². The van der Waals surface area contributed by atoms with Gasteiger partial charge in [-0.05, 0) is 36.2 Å². The van der Waals surface area contributed by atoms with E-state index in [4.69, 9.17) is 5.73 Å². The third kappa shape index (κ3) is 4.00. The average Bonchev–Trinajstić information content (AvgIpc) is 2.40. The zero-order chi connectivity index (χ0) is 13.0. The molecule has 0 unspecified atom stereocenters. The van der Waals surface area contributed by atoms with E-state index in [-0.39, 0.29) is 18.3 Å². The lowest BCUT2D eigenvalue weighted by Crippen LogP contribution is -2.22. The first-order valence-electron chi connectivity index (χ1n) is 5.85. The second kappa shape index (κ2) is 6.81. The molecule has 1 amide bonds. The van der Waals surface area contributed by atoms with Crippen LogP contribution in [0.2, 0.25) is 0 Å². The summed E-state index contributed by atoms with van der Waals surface area (Å²) in [6.45, 7) is 2.42. The molecule has 0 aliphatic heterocycles. The van der Waals surface area contributed by atoms with Crippen molar-refractivity contribution < 1.29 is 4.79 Å². The molecule has 0 aliphatic carbocycles. The Hall–Kier alpha value is -2.00. The molecular formula is C15H17ClN2O. The molecule has 0 saturated heterocycles. The van der Waals surface area contributed by atoms with E-state index in [2.05, 4.69) is 5.32 Å². The van der Waals surface area contributed by atoms with Crippen LogP contribution in [0.3, 0.4) is 0 Å². The summed E-state index contributed by atoms with van der Waals surface area (Å²) in [7, 11) is 0. The summed E-state index contributed by atoms with van der Waals surface area (Å²) < 4.78 is 0. The molecule has 0 heterocycles. The smallest absolute Gasteiger partial charge is 0.251 e. The summed E-state index contributed by atoms with van der Waals surface area (Å²) in [6.07, 6.45) is 0. The van der Waals surface area contributed by atoms with Gasteiger partial charge in [-0.2, -0.15) is 0 Å². The summed E-state index contributed by atoms with van der Waals surface area (Å²) in [5.74, 6) is -0.0815. The van der Waals surface area contributed by atoms with Gasteiger partial charge in [0.25, 0.3) is 5.91 Å². The summed E-state index contributed by atoms with van der Waals surface area (Å²) >= 11 is 0. The number of nitrogen functional groups attached to an aromatic ring is 1. The van der Waals surface area contributed by atoms with Crippen molar-refractivity contribution in [1.29, 1.82) is 0 Å². The molecule has 4 heteroatoms. The highest BCUT2D eigenvalue weighted by atomic mass is 35.5. The highest BCUT2D eigenvalue weighted by molar-refractivity contribution is 5.94. The first-order chi connectivity index (χ1) is 8.66. The van der Waals surface area contributed by atoms with E-state index in [1.54, 1.807) is 18.2 Å². The normalized spacial score (nSPS) is 9.53. The van der Waals surface area contributed by atoms with Gasteiger partial charge < -0.3 is 11.1 Å². The molecule has 3 nitrogen and oxygen atoms in total. The molecule has 2 rings (SSSR count). The van der Waals surface area contributed by atoms with Gasteiger partial charge in [-0.3, -0.25) is 4.79 Å². The van der Waals surface area contributed by atoms with Crippen LogP contribution < -0.4 is 11.1 Å². The Kier molecular flexibility index (Phi) is 5.39. The Morgan fingerprint density at radius 3 is 2.47 bits per heavy atom. The van der Waals surface area contributed by atoms with Crippen molar-refractivity contribution in [3.8, 4) is 0 Å². The van der Waals surface area contributed by atoms with Gasteiger partial charge in [0, 0.05) is 17.8 Å². The number of anilines is 1. The van der Waals surface area contributed by atoms with Crippen LogP contribution in [0.1, 0.15) is 21.5 Å². The number of aryl methyl sites for hydroxylation is 1. The van der Waals surface area contributed by atoms with E-state index in [0.29, 0.717) is 17.8 Å². The van der Waals surface area contributed by atoms with E-state index < -0.39 is 0 Å². The van der Waals surface area contributed by atoms with Crippen molar-refractivity contribution in [3.05, 3.63) is 65.2 Å². The van der Waals surface area contributed by atoms with E-state index in [1.807, 2.05) is 37.3 Å². The SMILES string of the molecule is Cc1cc(C(=O)NCc2ccccc2)ccc1N.Cl. The zero-order valence-electron chi connectivity index (χ0n) is 10.7. The molecule has 19 heavy (non-hydrogen) atoms. The van der Waals surface area contributed by atoms with Crippen LogP contribution >= 0.6 is 12.4 Å². The quantitative estimate of drug-likeness (QED) is 0.847. The Labute approximate surface area is 119 Å². The second-order valence-electron chi connectivity index (χ2n) is 4.24. The molecule has 0 saturated carbocycles. The number of benzene rings is 2. The minimum atomic E-state index is -0.0815. The van der Waals surface area contributed by atoms with Crippen LogP contribution in [0.5, 0.6) is 0 Å². The number of hydrogen-bond acceptors (Lipinski definition) is 2. The molecule has 2 aromatic rings. The predicted octanol–water partition coefficient (Wildman–Crippen LogP) is 2.93. The van der Waals surface area contributed by atoms with Gasteiger partial charge >= 0.3 is 0 Å². The summed E-state index contributed by atoms with van der Waals surface area (Å²) in [4.78, 5) is 11.9. The van der Waals surface area contributed by atoms with Crippen LogP contribution in [0.25, 0.3) is 0 Å². The molecular weight excluding hydrogens is 260 g/mol. The first kappa shape index (κ1) is 15.1. The van der Waals surface area contributed by atoms with Crippen molar-refractivity contribution in [3.63, 3.8) is 0 Å². The Morgan fingerprint density at radius 2 is 1.84 bits per heavy atom. The fourth-order valence-corrected chi connectivity index (χ4v) is 1.70. The number of amides is 1. The Morgan fingerprint density at radius 1 is 1.16 bits per heavy atom. The Bertz CT molecular complexity index is 555. The minimum Gasteiger partial charge on any atom is -0.399 e. The van der Waals surface area contributed by atoms with Crippen molar-refractivity contribution in [2.75, 3.05) is 5.73 Å². The van der Waals surface area contributed by atoms with Gasteiger partial charge in [-0.15, -0.1) is 12.4 Å². The fourth-order valence-electron chi connectivity index (χ4n) is 1.70. The average molecular weight is 277 g/mol. The lowest BCUT2D eigenvalue weighted by Gasteiger charge is -2.07. The highest BCUT2D eigenvalue weighted by Crippen LogP contribution is 2.12. The van der Waals surface area contributed by atoms with Gasteiger partial charge in [0.05, 0.1) is 0 Å². The van der Waals surface area contributed by atoms with Gasteiger partial charge in [0.15, 0.2) is 0 Å². The molecule has 0 radical (unpaired) electrons. The fraction of sp³-hybridized carbons (Fsp3) is 0.133. The van der Waals surface area contributed by atoms with E-state index in [0.717, 1.165) is 11.1 Å². The maximum absolute atomic E-state index is 11.9. The highest BCUT2D eigenvalue weighted by Gasteiger charge is 2.06. The van der Waals surface area contributed by atoms with E-state index in [9.17, 15) is 4.79 Å². The monoisotopic (exact) mass is 276 g/mol. The van der Waals surface area contributed by atoms with Gasteiger partial charge in [0.2, 0.25) is 0 Å². The van der Waals surface area contributed by atoms with E-state index >= 15 is 0 Å². The Balaban J connectivity index is 0.00000180. The molecule has 0 aliphatic rings. The maximum atomic E-state index is 11.9. The minimum absolute atomic E-state index is 0. The van der Waals surface area contributed by atoms with Gasteiger partial charge in [-0.1, -0.05) is 30.3 Å². The van der Waals surface area contributed by atoms with Gasteiger partial charge in [-0.25, -0.2) is 0 Å². The molecule has 0 bridgehead atoms. The lowest BCUT2D eigenvalue weighted by atomic mass is 10.1. The molecule has 0 fully saturated rings. The molecule has 2 aromatic carbocycles. The standard InChI is InChI=1S/C15H16N2O.ClH/c1-11-9-13(7-8-14(11)16)15(18)17-10-12-5-3-2-4-6-12;/h2-9H,10,16H2,1H3,(H,17,18);1H. The van der Waals surface area contributed by atoms with Crippen molar-refractivity contribution in [1.82, 2.24) is 5.32 Å². The largest absolute Gasteiger partial charge is 0.399 e. The number of hydrogen-bond donors (Lipinski definition) is 2. The molecule has 0 atom stereocenters. The van der Waals surface area contributed by atoms with Crippen LogP contribution in [0.15, 0.2) is 48.5 Å². The molecule has 0 spiro atoms. The third-order valence-corrected chi connectivity index (χ3v) is 2.83. The second-order valence-corrected chi connectivity index (χ2v) is 4.24. The number of nitrogens with one attached hydrogen (secondary N) is 1. The summed E-state index contributed by atoms with van der Waals surface area (Å²) in [6, 6.07) is 15.1. The number of carbonyl (C=O) groups is 1. The van der Waals surface area contributed by atoms with Crippen LogP contribution in [0, 0.1) is 6.92 Å². The molecule has 0 aromatic heterocycles. The first-order valence-corrected chi connectivity index (χ1v) is 5.85. The van der Waals surface area contributed by atoms with Gasteiger partial charge in [0.1, 0.15) is 0 Å². The van der Waals surface area contributed by atoms with Crippen LogP contribution in [-0.4, -0.2) is 5.91 Å². The number of halogens is 1. The molecule has 3 N–H and O–H groups in total. The zero-order valence-corrected chi connectivity index (χ0v) is 11.5. The van der Waals surface area contributed by atoms with Crippen molar-refractivity contribution in [2.45, 2.75) is 13.5 Å². The van der Waals surface area contributed by atoms with E-state index in [1.165, 1.54) is 0 Å². The van der Waals surface area contributed by atoms with Crippen molar-refractivity contribution >= 4 is 24.0 Å². The lowest BCUT2D eigenvalue weighted by molar-refractivity contribution is 0.0951.